The van der Waals surface area contributed by atoms with Crippen LogP contribution in [0.5, 0.6) is 0 Å². The third-order valence-electron chi connectivity index (χ3n) is 3.03. The number of carbonyl (C=O) groups excluding carboxylic acids is 2. The van der Waals surface area contributed by atoms with Crippen LogP contribution >= 0.6 is 11.8 Å². The summed E-state index contributed by atoms with van der Waals surface area (Å²) in [5.41, 5.74) is 0.931. The Bertz CT molecular complexity index is 762. The lowest BCUT2D eigenvalue weighted by molar-refractivity contribution is -0.114. The van der Waals surface area contributed by atoms with E-state index in [0.29, 0.717) is 16.5 Å². The van der Waals surface area contributed by atoms with Crippen molar-refractivity contribution in [3.8, 4) is 0 Å². The molecule has 126 valence electrons. The van der Waals surface area contributed by atoms with E-state index < -0.39 is 11.7 Å². The fourth-order valence-corrected chi connectivity index (χ4v) is 3.06. The number of halogens is 1. The largest absolute Gasteiger partial charge is 0.326 e. The van der Waals surface area contributed by atoms with Crippen molar-refractivity contribution in [3.05, 3.63) is 53.8 Å². The second kappa shape index (κ2) is 7.97. The van der Waals surface area contributed by atoms with E-state index in [-0.39, 0.29) is 11.6 Å². The number of benzene rings is 2. The number of rotatable bonds is 5. The van der Waals surface area contributed by atoms with Gasteiger partial charge in [0.05, 0.1) is 11.3 Å². The highest BCUT2D eigenvalue weighted by Crippen LogP contribution is 2.28. The Kier molecular flexibility index (Phi) is 5.98. The predicted octanol–water partition coefficient (Wildman–Crippen LogP) is 4.54. The van der Waals surface area contributed by atoms with E-state index in [1.807, 2.05) is 26.0 Å². The van der Waals surface area contributed by atoms with Crippen LogP contribution in [0.3, 0.4) is 0 Å². The highest BCUT2D eigenvalue weighted by molar-refractivity contribution is 8.00. The van der Waals surface area contributed by atoms with Crippen molar-refractivity contribution in [2.45, 2.75) is 30.9 Å². The van der Waals surface area contributed by atoms with Gasteiger partial charge in [-0.3, -0.25) is 9.59 Å². The number of hydrogen-bond donors (Lipinski definition) is 2. The molecule has 2 aromatic rings. The third kappa shape index (κ3) is 4.83. The van der Waals surface area contributed by atoms with Gasteiger partial charge in [0.25, 0.3) is 5.91 Å². The van der Waals surface area contributed by atoms with Gasteiger partial charge in [-0.15, -0.1) is 11.8 Å². The van der Waals surface area contributed by atoms with E-state index in [0.717, 1.165) is 4.90 Å². The quantitative estimate of drug-likeness (QED) is 0.782. The molecule has 6 heteroatoms. The third-order valence-corrected chi connectivity index (χ3v) is 4.11. The standard InChI is InChI=1S/C18H19FN2O2S/c1-11(2)24-17-7-5-4-6-14(17)18(23)21-16-10-13(20-12(3)22)8-9-15(16)19/h4-11H,1-3H3,(H,20,22)(H,21,23). The summed E-state index contributed by atoms with van der Waals surface area (Å²) < 4.78 is 14.0. The van der Waals surface area contributed by atoms with E-state index in [1.165, 1.54) is 25.1 Å². The second-order valence-electron chi connectivity index (χ2n) is 5.49. The Morgan fingerprint density at radius 1 is 1.08 bits per heavy atom. The van der Waals surface area contributed by atoms with Crippen LogP contribution in [0.2, 0.25) is 0 Å². The molecule has 24 heavy (non-hydrogen) atoms. The van der Waals surface area contributed by atoms with Crippen LogP contribution in [0.4, 0.5) is 15.8 Å². The van der Waals surface area contributed by atoms with Gasteiger partial charge < -0.3 is 10.6 Å². The summed E-state index contributed by atoms with van der Waals surface area (Å²) in [5, 5.41) is 5.46. The van der Waals surface area contributed by atoms with E-state index in [9.17, 15) is 14.0 Å². The van der Waals surface area contributed by atoms with Gasteiger partial charge in [-0.25, -0.2) is 4.39 Å². The molecule has 2 rings (SSSR count). The minimum Gasteiger partial charge on any atom is -0.326 e. The van der Waals surface area contributed by atoms with Crippen LogP contribution in [0.1, 0.15) is 31.1 Å². The Balaban J connectivity index is 2.25. The molecule has 0 atom stereocenters. The summed E-state index contributed by atoms with van der Waals surface area (Å²) in [6, 6.07) is 11.2. The Labute approximate surface area is 144 Å². The van der Waals surface area contributed by atoms with Crippen LogP contribution in [0, 0.1) is 5.82 Å². The molecule has 2 N–H and O–H groups in total. The number of amides is 2. The predicted molar refractivity (Wildman–Crippen MR) is 96.1 cm³/mol. The van der Waals surface area contributed by atoms with E-state index in [2.05, 4.69) is 10.6 Å². The average Bonchev–Trinajstić information content (AvgIpc) is 2.50. The van der Waals surface area contributed by atoms with Gasteiger partial charge in [-0.2, -0.15) is 0 Å². The molecular weight excluding hydrogens is 327 g/mol. The molecule has 0 spiro atoms. The van der Waals surface area contributed by atoms with Crippen molar-refractivity contribution in [1.82, 2.24) is 0 Å². The molecule has 0 aliphatic carbocycles. The van der Waals surface area contributed by atoms with Gasteiger partial charge in [0.15, 0.2) is 0 Å². The fraction of sp³-hybridized carbons (Fsp3) is 0.222. The summed E-state index contributed by atoms with van der Waals surface area (Å²) in [6.07, 6.45) is 0. The summed E-state index contributed by atoms with van der Waals surface area (Å²) in [6.45, 7) is 5.44. The monoisotopic (exact) mass is 346 g/mol. The number of hydrogen-bond acceptors (Lipinski definition) is 3. The van der Waals surface area contributed by atoms with Gasteiger partial charge in [0.1, 0.15) is 5.82 Å². The Morgan fingerprint density at radius 3 is 2.46 bits per heavy atom. The number of nitrogens with one attached hydrogen (secondary N) is 2. The van der Waals surface area contributed by atoms with Gasteiger partial charge in [0, 0.05) is 22.8 Å². The van der Waals surface area contributed by atoms with E-state index >= 15 is 0 Å². The smallest absolute Gasteiger partial charge is 0.256 e. The van der Waals surface area contributed by atoms with Crippen LogP contribution in [0.15, 0.2) is 47.4 Å². The number of anilines is 2. The maximum atomic E-state index is 14.0. The summed E-state index contributed by atoms with van der Waals surface area (Å²) in [4.78, 5) is 24.5. The molecule has 0 saturated carbocycles. The van der Waals surface area contributed by atoms with Gasteiger partial charge in [-0.05, 0) is 30.3 Å². The lowest BCUT2D eigenvalue weighted by Crippen LogP contribution is -2.15. The van der Waals surface area contributed by atoms with Crippen molar-refractivity contribution < 1.29 is 14.0 Å². The zero-order chi connectivity index (χ0) is 17.7. The van der Waals surface area contributed by atoms with Crippen molar-refractivity contribution in [1.29, 1.82) is 0 Å². The summed E-state index contributed by atoms with van der Waals surface area (Å²) in [5.74, 6) is -1.22. The molecule has 0 radical (unpaired) electrons. The first kappa shape index (κ1) is 18.0. The second-order valence-corrected chi connectivity index (χ2v) is 7.11. The maximum Gasteiger partial charge on any atom is 0.256 e. The van der Waals surface area contributed by atoms with Crippen molar-refractivity contribution in [2.24, 2.45) is 0 Å². The molecule has 4 nitrogen and oxygen atoms in total. The van der Waals surface area contributed by atoms with Crippen LogP contribution < -0.4 is 10.6 Å². The molecule has 2 aromatic carbocycles. The Hall–Kier alpha value is -2.34. The molecule has 0 aliphatic heterocycles. The molecule has 0 aromatic heterocycles. The first-order valence-electron chi connectivity index (χ1n) is 7.51. The topological polar surface area (TPSA) is 58.2 Å². The zero-order valence-electron chi connectivity index (χ0n) is 13.7. The lowest BCUT2D eigenvalue weighted by Gasteiger charge is -2.13. The van der Waals surface area contributed by atoms with Gasteiger partial charge in [0.2, 0.25) is 5.91 Å². The highest BCUT2D eigenvalue weighted by Gasteiger charge is 2.15. The minimum atomic E-state index is -0.563. The molecule has 0 aliphatic rings. The zero-order valence-corrected chi connectivity index (χ0v) is 14.5. The molecule has 0 bridgehead atoms. The molecule has 0 unspecified atom stereocenters. The number of carbonyl (C=O) groups is 2. The highest BCUT2D eigenvalue weighted by atomic mass is 32.2. The van der Waals surface area contributed by atoms with Crippen LogP contribution in [-0.2, 0) is 4.79 Å². The minimum absolute atomic E-state index is 0.0237. The first-order chi connectivity index (χ1) is 11.4. The molecular formula is C18H19FN2O2S. The summed E-state index contributed by atoms with van der Waals surface area (Å²) in [7, 11) is 0. The lowest BCUT2D eigenvalue weighted by atomic mass is 10.2. The SMILES string of the molecule is CC(=O)Nc1ccc(F)c(NC(=O)c2ccccc2SC(C)C)c1. The molecule has 0 heterocycles. The van der Waals surface area contributed by atoms with Crippen LogP contribution in [-0.4, -0.2) is 17.1 Å². The van der Waals surface area contributed by atoms with Gasteiger partial charge in [-0.1, -0.05) is 26.0 Å². The maximum absolute atomic E-state index is 14.0. The van der Waals surface area contributed by atoms with Crippen molar-refractivity contribution in [3.63, 3.8) is 0 Å². The van der Waals surface area contributed by atoms with E-state index in [1.54, 1.807) is 23.9 Å². The van der Waals surface area contributed by atoms with Gasteiger partial charge >= 0.3 is 0 Å². The van der Waals surface area contributed by atoms with E-state index in [4.69, 9.17) is 0 Å². The number of thioether (sulfide) groups is 1. The molecule has 0 saturated heterocycles. The van der Waals surface area contributed by atoms with Crippen LogP contribution in [0.25, 0.3) is 0 Å². The van der Waals surface area contributed by atoms with Crippen molar-refractivity contribution >= 4 is 35.0 Å². The first-order valence-corrected chi connectivity index (χ1v) is 8.39. The Morgan fingerprint density at radius 2 is 1.79 bits per heavy atom. The molecule has 0 fully saturated rings. The fourth-order valence-electron chi connectivity index (χ4n) is 2.10. The van der Waals surface area contributed by atoms with Crippen molar-refractivity contribution in [2.75, 3.05) is 10.6 Å². The molecule has 2 amide bonds. The summed E-state index contributed by atoms with van der Waals surface area (Å²) >= 11 is 1.57. The average molecular weight is 346 g/mol. The normalized spacial score (nSPS) is 10.5.